The Morgan fingerprint density at radius 3 is 2.81 bits per heavy atom. The summed E-state index contributed by atoms with van der Waals surface area (Å²) in [6, 6.07) is 3.52. The third kappa shape index (κ3) is 3.71. The number of hydrogen-bond acceptors (Lipinski definition) is 3. The predicted molar refractivity (Wildman–Crippen MR) is 75.3 cm³/mol. The fourth-order valence-corrected chi connectivity index (χ4v) is 2.84. The van der Waals surface area contributed by atoms with Crippen LogP contribution in [0.1, 0.15) is 29.6 Å². The summed E-state index contributed by atoms with van der Waals surface area (Å²) in [6.07, 6.45) is 0.749. The van der Waals surface area contributed by atoms with Crippen LogP contribution in [0, 0.1) is 5.82 Å². The quantitative estimate of drug-likeness (QED) is 0.882. The minimum absolute atomic E-state index is 0.00246. The lowest BCUT2D eigenvalue weighted by Crippen LogP contribution is -2.51. The Labute approximate surface area is 126 Å². The summed E-state index contributed by atoms with van der Waals surface area (Å²) in [7, 11) is 0. The highest BCUT2D eigenvalue weighted by Gasteiger charge is 2.37. The van der Waals surface area contributed by atoms with E-state index in [1.807, 2.05) is 0 Å². The zero-order valence-electron chi connectivity index (χ0n) is 11.3. The van der Waals surface area contributed by atoms with Gasteiger partial charge in [-0.1, -0.05) is 11.6 Å². The Hall–Kier alpha value is -1.66. The summed E-state index contributed by atoms with van der Waals surface area (Å²) in [4.78, 5) is 24.8. The molecule has 1 fully saturated rings. The molecule has 21 heavy (non-hydrogen) atoms. The van der Waals surface area contributed by atoms with Crippen LogP contribution >= 0.6 is 11.6 Å². The highest BCUT2D eigenvalue weighted by molar-refractivity contribution is 6.33. The summed E-state index contributed by atoms with van der Waals surface area (Å²) >= 11 is 5.87. The van der Waals surface area contributed by atoms with E-state index in [1.54, 1.807) is 0 Å². The summed E-state index contributed by atoms with van der Waals surface area (Å²) < 4.78 is 13.0. The van der Waals surface area contributed by atoms with Crippen LogP contribution in [0.5, 0.6) is 0 Å². The molecule has 0 aliphatic carbocycles. The molecule has 1 aliphatic heterocycles. The maximum Gasteiger partial charge on any atom is 0.255 e. The van der Waals surface area contributed by atoms with E-state index >= 15 is 0 Å². The van der Waals surface area contributed by atoms with Gasteiger partial charge in [0, 0.05) is 6.54 Å². The monoisotopic (exact) mass is 314 g/mol. The van der Waals surface area contributed by atoms with E-state index in [4.69, 9.17) is 17.3 Å². The fraction of sp³-hybridized carbons (Fsp3) is 0.429. The molecule has 3 N–H and O–H groups in total. The molecule has 0 radical (unpaired) electrons. The minimum Gasteiger partial charge on any atom is -0.388 e. The van der Waals surface area contributed by atoms with Crippen molar-refractivity contribution in [3.05, 3.63) is 34.6 Å². The highest BCUT2D eigenvalue weighted by Crippen LogP contribution is 2.27. The Morgan fingerprint density at radius 2 is 2.19 bits per heavy atom. The Balaban J connectivity index is 2.17. The molecule has 0 saturated carbocycles. The first-order chi connectivity index (χ1) is 9.81. The van der Waals surface area contributed by atoms with Gasteiger partial charge >= 0.3 is 0 Å². The SMILES string of the molecule is NC(=O)CC1(O)CCCN(C(=O)c2ccc(F)cc2Cl)C1. The smallest absolute Gasteiger partial charge is 0.255 e. The van der Waals surface area contributed by atoms with Gasteiger partial charge < -0.3 is 15.7 Å². The van der Waals surface area contributed by atoms with E-state index in [-0.39, 0.29) is 23.6 Å². The molecule has 1 aromatic carbocycles. The number of halogens is 2. The van der Waals surface area contributed by atoms with Gasteiger partial charge in [-0.2, -0.15) is 0 Å². The van der Waals surface area contributed by atoms with Gasteiger partial charge in [-0.15, -0.1) is 0 Å². The van der Waals surface area contributed by atoms with Crippen molar-refractivity contribution >= 4 is 23.4 Å². The number of nitrogens with zero attached hydrogens (tertiary/aromatic N) is 1. The van der Waals surface area contributed by atoms with E-state index in [9.17, 15) is 19.1 Å². The fourth-order valence-electron chi connectivity index (χ4n) is 2.59. The van der Waals surface area contributed by atoms with E-state index < -0.39 is 23.2 Å². The van der Waals surface area contributed by atoms with Gasteiger partial charge in [0.05, 0.1) is 29.2 Å². The lowest BCUT2D eigenvalue weighted by molar-refractivity contribution is -0.125. The van der Waals surface area contributed by atoms with Crippen LogP contribution < -0.4 is 5.73 Å². The number of carbonyl (C=O) groups excluding carboxylic acids is 2. The number of likely N-dealkylation sites (tertiary alicyclic amines) is 1. The van der Waals surface area contributed by atoms with Gasteiger partial charge in [0.15, 0.2) is 0 Å². The molecule has 2 amide bonds. The number of nitrogens with two attached hydrogens (primary N) is 1. The lowest BCUT2D eigenvalue weighted by Gasteiger charge is -2.38. The molecule has 1 atom stereocenters. The molecule has 7 heteroatoms. The van der Waals surface area contributed by atoms with Crippen molar-refractivity contribution in [2.24, 2.45) is 5.73 Å². The van der Waals surface area contributed by atoms with Gasteiger partial charge in [0.2, 0.25) is 5.91 Å². The van der Waals surface area contributed by atoms with Crippen LogP contribution in [0.4, 0.5) is 4.39 Å². The number of aliphatic hydroxyl groups is 1. The Bertz CT molecular complexity index is 581. The zero-order chi connectivity index (χ0) is 15.6. The number of carbonyl (C=O) groups is 2. The van der Waals surface area contributed by atoms with Crippen molar-refractivity contribution in [1.29, 1.82) is 0 Å². The molecule has 0 aromatic heterocycles. The molecule has 1 unspecified atom stereocenters. The topological polar surface area (TPSA) is 83.6 Å². The van der Waals surface area contributed by atoms with E-state index in [0.717, 1.165) is 12.1 Å². The van der Waals surface area contributed by atoms with Crippen molar-refractivity contribution in [3.63, 3.8) is 0 Å². The van der Waals surface area contributed by atoms with Crippen LogP contribution in [0.25, 0.3) is 0 Å². The standard InChI is InChI=1S/C14H16ClFN2O3/c15-11-6-9(16)2-3-10(11)13(20)18-5-1-4-14(21,8-18)7-12(17)19/h2-3,6,21H,1,4-5,7-8H2,(H2,17,19). The van der Waals surface area contributed by atoms with Gasteiger partial charge in [0.1, 0.15) is 5.82 Å². The number of β-amino-alcohol motifs (C(OH)–C–C–N with tert-alkyl or cyclic N) is 1. The minimum atomic E-state index is -1.31. The molecule has 1 aromatic rings. The summed E-state index contributed by atoms with van der Waals surface area (Å²) in [5, 5.41) is 10.4. The molecule has 0 spiro atoms. The molecular weight excluding hydrogens is 299 g/mol. The average molecular weight is 315 g/mol. The molecule has 2 rings (SSSR count). The largest absolute Gasteiger partial charge is 0.388 e. The molecule has 1 heterocycles. The first-order valence-corrected chi connectivity index (χ1v) is 6.93. The molecular formula is C14H16ClFN2O3. The number of amides is 2. The second-order valence-corrected chi connectivity index (χ2v) is 5.73. The third-order valence-electron chi connectivity index (χ3n) is 3.51. The van der Waals surface area contributed by atoms with Gasteiger partial charge in [-0.05, 0) is 31.0 Å². The van der Waals surface area contributed by atoms with Crippen molar-refractivity contribution < 1.29 is 19.1 Å². The van der Waals surface area contributed by atoms with Crippen LogP contribution in [-0.2, 0) is 4.79 Å². The van der Waals surface area contributed by atoms with E-state index in [2.05, 4.69) is 0 Å². The first-order valence-electron chi connectivity index (χ1n) is 6.56. The summed E-state index contributed by atoms with van der Waals surface area (Å²) in [6.45, 7) is 0.441. The van der Waals surface area contributed by atoms with Crippen molar-refractivity contribution in [2.45, 2.75) is 24.9 Å². The second kappa shape index (κ2) is 5.99. The Kier molecular flexibility index (Phi) is 4.49. The normalized spacial score (nSPS) is 22.1. The van der Waals surface area contributed by atoms with Crippen molar-refractivity contribution in [1.82, 2.24) is 4.90 Å². The van der Waals surface area contributed by atoms with Crippen LogP contribution in [0.2, 0.25) is 5.02 Å². The summed E-state index contributed by atoms with van der Waals surface area (Å²) in [5.41, 5.74) is 3.97. The summed E-state index contributed by atoms with van der Waals surface area (Å²) in [5.74, 6) is -1.55. The van der Waals surface area contributed by atoms with Crippen molar-refractivity contribution in [2.75, 3.05) is 13.1 Å². The highest BCUT2D eigenvalue weighted by atomic mass is 35.5. The number of rotatable bonds is 3. The van der Waals surface area contributed by atoms with Gasteiger partial charge in [-0.25, -0.2) is 4.39 Å². The zero-order valence-corrected chi connectivity index (χ0v) is 12.1. The molecule has 1 aliphatic rings. The Morgan fingerprint density at radius 1 is 1.48 bits per heavy atom. The van der Waals surface area contributed by atoms with E-state index in [1.165, 1.54) is 11.0 Å². The molecule has 0 bridgehead atoms. The van der Waals surface area contributed by atoms with Crippen LogP contribution in [-0.4, -0.2) is 40.5 Å². The average Bonchev–Trinajstić information content (AvgIpc) is 2.36. The molecule has 1 saturated heterocycles. The number of primary amides is 1. The number of hydrogen-bond donors (Lipinski definition) is 2. The number of piperidine rings is 1. The third-order valence-corrected chi connectivity index (χ3v) is 3.82. The maximum absolute atomic E-state index is 13.0. The number of benzene rings is 1. The van der Waals surface area contributed by atoms with Crippen LogP contribution in [0.15, 0.2) is 18.2 Å². The van der Waals surface area contributed by atoms with Gasteiger partial charge in [-0.3, -0.25) is 9.59 Å². The van der Waals surface area contributed by atoms with Crippen LogP contribution in [0.3, 0.4) is 0 Å². The van der Waals surface area contributed by atoms with Gasteiger partial charge in [0.25, 0.3) is 5.91 Å². The molecule has 5 nitrogen and oxygen atoms in total. The first kappa shape index (κ1) is 15.7. The van der Waals surface area contributed by atoms with Crippen molar-refractivity contribution in [3.8, 4) is 0 Å². The molecule has 114 valence electrons. The van der Waals surface area contributed by atoms with E-state index in [0.29, 0.717) is 19.4 Å². The second-order valence-electron chi connectivity index (χ2n) is 5.32. The maximum atomic E-state index is 13.0. The lowest BCUT2D eigenvalue weighted by atomic mass is 9.89. The predicted octanol–water partition coefficient (Wildman–Crippen LogP) is 1.32.